The Bertz CT molecular complexity index is 828. The molecule has 1 atom stereocenters. The summed E-state index contributed by atoms with van der Waals surface area (Å²) in [6, 6.07) is 11.9. The molecule has 2 N–H and O–H groups in total. The standard InChI is InChI=1S/C20H23N3O4/c1-14(24)16-6-4-15(5-7-16)13-21-20(25)17-8-9-18(19(12-17)23(26)27)22-10-2-3-11-22/h4-9,12,14,24H,2-3,10-11,13H2,1H3,(H,21,25)/t14-/m0/s1. The molecule has 1 saturated heterocycles. The second kappa shape index (κ2) is 8.18. The summed E-state index contributed by atoms with van der Waals surface area (Å²) >= 11 is 0. The summed E-state index contributed by atoms with van der Waals surface area (Å²) in [6.45, 7) is 3.60. The van der Waals surface area contributed by atoms with Crippen molar-refractivity contribution in [2.24, 2.45) is 0 Å². The van der Waals surface area contributed by atoms with Crippen LogP contribution in [-0.2, 0) is 6.54 Å². The van der Waals surface area contributed by atoms with E-state index < -0.39 is 11.0 Å². The largest absolute Gasteiger partial charge is 0.389 e. The first-order valence-corrected chi connectivity index (χ1v) is 9.04. The highest BCUT2D eigenvalue weighted by Crippen LogP contribution is 2.31. The lowest BCUT2D eigenvalue weighted by molar-refractivity contribution is -0.384. The van der Waals surface area contributed by atoms with Crippen LogP contribution in [0.3, 0.4) is 0 Å². The second-order valence-corrected chi connectivity index (χ2v) is 6.75. The van der Waals surface area contributed by atoms with E-state index in [-0.39, 0.29) is 17.2 Å². The maximum atomic E-state index is 12.4. The third-order valence-corrected chi connectivity index (χ3v) is 4.80. The molecule has 7 heteroatoms. The van der Waals surface area contributed by atoms with Crippen LogP contribution >= 0.6 is 0 Å². The first-order chi connectivity index (χ1) is 13.0. The molecule has 1 aliphatic heterocycles. The van der Waals surface area contributed by atoms with Crippen LogP contribution in [0.15, 0.2) is 42.5 Å². The van der Waals surface area contributed by atoms with Gasteiger partial charge in [0.2, 0.25) is 0 Å². The molecule has 2 aromatic carbocycles. The molecule has 0 unspecified atom stereocenters. The van der Waals surface area contributed by atoms with Crippen molar-refractivity contribution in [3.63, 3.8) is 0 Å². The molecule has 1 heterocycles. The Morgan fingerprint density at radius 2 is 1.89 bits per heavy atom. The van der Waals surface area contributed by atoms with E-state index in [1.165, 1.54) is 6.07 Å². The van der Waals surface area contributed by atoms with Crippen molar-refractivity contribution in [2.75, 3.05) is 18.0 Å². The van der Waals surface area contributed by atoms with Crippen LogP contribution in [0.25, 0.3) is 0 Å². The van der Waals surface area contributed by atoms with Crippen molar-refractivity contribution < 1.29 is 14.8 Å². The van der Waals surface area contributed by atoms with Gasteiger partial charge in [0, 0.05) is 31.3 Å². The number of nitrogens with zero attached hydrogens (tertiary/aromatic N) is 2. The molecule has 0 aliphatic carbocycles. The van der Waals surface area contributed by atoms with Gasteiger partial charge in [0.25, 0.3) is 11.6 Å². The normalized spacial score (nSPS) is 14.8. The van der Waals surface area contributed by atoms with Crippen LogP contribution in [0.4, 0.5) is 11.4 Å². The number of nitro groups is 1. The van der Waals surface area contributed by atoms with Gasteiger partial charge < -0.3 is 15.3 Å². The Morgan fingerprint density at radius 3 is 2.48 bits per heavy atom. The fraction of sp³-hybridized carbons (Fsp3) is 0.350. The minimum atomic E-state index is -0.539. The molecule has 1 aliphatic rings. The van der Waals surface area contributed by atoms with Gasteiger partial charge in [0.05, 0.1) is 11.0 Å². The third kappa shape index (κ3) is 4.43. The van der Waals surface area contributed by atoms with E-state index in [2.05, 4.69) is 5.32 Å². The van der Waals surface area contributed by atoms with Gasteiger partial charge in [-0.3, -0.25) is 14.9 Å². The van der Waals surface area contributed by atoms with Crippen LogP contribution in [0.5, 0.6) is 0 Å². The minimum Gasteiger partial charge on any atom is -0.389 e. The van der Waals surface area contributed by atoms with Crippen LogP contribution in [0.1, 0.15) is 47.4 Å². The molecule has 1 amide bonds. The molecular weight excluding hydrogens is 346 g/mol. The summed E-state index contributed by atoms with van der Waals surface area (Å²) < 4.78 is 0. The number of rotatable bonds is 6. The van der Waals surface area contributed by atoms with Crippen LogP contribution in [-0.4, -0.2) is 29.0 Å². The van der Waals surface area contributed by atoms with E-state index in [9.17, 15) is 20.0 Å². The number of carbonyl (C=O) groups is 1. The Morgan fingerprint density at radius 1 is 1.22 bits per heavy atom. The third-order valence-electron chi connectivity index (χ3n) is 4.80. The quantitative estimate of drug-likeness (QED) is 0.602. The smallest absolute Gasteiger partial charge is 0.293 e. The van der Waals surface area contributed by atoms with E-state index in [4.69, 9.17) is 0 Å². The number of aliphatic hydroxyl groups is 1. The summed E-state index contributed by atoms with van der Waals surface area (Å²) in [7, 11) is 0. The van der Waals surface area contributed by atoms with Gasteiger partial charge in [-0.1, -0.05) is 24.3 Å². The average molecular weight is 369 g/mol. The van der Waals surface area contributed by atoms with Crippen LogP contribution in [0, 0.1) is 10.1 Å². The van der Waals surface area contributed by atoms with E-state index >= 15 is 0 Å². The van der Waals surface area contributed by atoms with Crippen molar-refractivity contribution in [1.82, 2.24) is 5.32 Å². The number of amides is 1. The molecule has 7 nitrogen and oxygen atoms in total. The van der Waals surface area contributed by atoms with E-state index in [0.29, 0.717) is 12.2 Å². The maximum absolute atomic E-state index is 12.4. The first-order valence-electron chi connectivity index (χ1n) is 9.04. The Kier molecular flexibility index (Phi) is 5.71. The summed E-state index contributed by atoms with van der Waals surface area (Å²) in [5.41, 5.74) is 2.49. The maximum Gasteiger partial charge on any atom is 0.293 e. The van der Waals surface area contributed by atoms with Crippen molar-refractivity contribution in [3.05, 3.63) is 69.3 Å². The minimum absolute atomic E-state index is 0.0363. The molecule has 1 fully saturated rings. The van der Waals surface area contributed by atoms with Gasteiger partial charge in [-0.2, -0.15) is 0 Å². The predicted octanol–water partition coefficient (Wildman–Crippen LogP) is 3.18. The SMILES string of the molecule is C[C@H](O)c1ccc(CNC(=O)c2ccc(N3CCCC3)c([N+](=O)[O-])c2)cc1. The number of aliphatic hydroxyl groups excluding tert-OH is 1. The zero-order valence-corrected chi connectivity index (χ0v) is 15.2. The molecule has 27 heavy (non-hydrogen) atoms. The van der Waals surface area contributed by atoms with Gasteiger partial charge in [-0.05, 0) is 43.0 Å². The highest BCUT2D eigenvalue weighted by atomic mass is 16.6. The predicted molar refractivity (Wildman–Crippen MR) is 103 cm³/mol. The van der Waals surface area contributed by atoms with Gasteiger partial charge in [0.15, 0.2) is 0 Å². The number of benzene rings is 2. The van der Waals surface area contributed by atoms with Crippen LogP contribution in [0.2, 0.25) is 0 Å². The highest BCUT2D eigenvalue weighted by Gasteiger charge is 2.23. The molecule has 0 radical (unpaired) electrons. The van der Waals surface area contributed by atoms with Gasteiger partial charge in [0.1, 0.15) is 5.69 Å². The zero-order valence-electron chi connectivity index (χ0n) is 15.2. The monoisotopic (exact) mass is 369 g/mol. The topological polar surface area (TPSA) is 95.7 Å². The summed E-state index contributed by atoms with van der Waals surface area (Å²) in [5, 5.41) is 23.8. The molecule has 142 valence electrons. The number of hydrogen-bond acceptors (Lipinski definition) is 5. The number of nitro benzene ring substituents is 1. The Balaban J connectivity index is 1.70. The van der Waals surface area contributed by atoms with E-state index in [1.54, 1.807) is 19.1 Å². The fourth-order valence-corrected chi connectivity index (χ4v) is 3.23. The summed E-state index contributed by atoms with van der Waals surface area (Å²) in [6.07, 6.45) is 1.50. The highest BCUT2D eigenvalue weighted by molar-refractivity contribution is 5.95. The van der Waals surface area contributed by atoms with Gasteiger partial charge in [-0.25, -0.2) is 0 Å². The molecule has 0 saturated carbocycles. The molecular formula is C20H23N3O4. The lowest BCUT2D eigenvalue weighted by Crippen LogP contribution is -2.24. The average Bonchev–Trinajstić information content (AvgIpc) is 3.20. The van der Waals surface area contributed by atoms with Gasteiger partial charge >= 0.3 is 0 Å². The molecule has 3 rings (SSSR count). The number of carbonyl (C=O) groups excluding carboxylic acids is 1. The van der Waals surface area contributed by atoms with Crippen molar-refractivity contribution in [2.45, 2.75) is 32.4 Å². The molecule has 2 aromatic rings. The van der Waals surface area contributed by atoms with Gasteiger partial charge in [-0.15, -0.1) is 0 Å². The Hall–Kier alpha value is -2.93. The lowest BCUT2D eigenvalue weighted by atomic mass is 10.1. The number of nitrogens with one attached hydrogen (secondary N) is 1. The van der Waals surface area contributed by atoms with Crippen molar-refractivity contribution in [1.29, 1.82) is 0 Å². The molecule has 0 spiro atoms. The van der Waals surface area contributed by atoms with E-state index in [1.807, 2.05) is 29.2 Å². The zero-order chi connectivity index (χ0) is 19.4. The fourth-order valence-electron chi connectivity index (χ4n) is 3.23. The number of anilines is 1. The van der Waals surface area contributed by atoms with Crippen molar-refractivity contribution in [3.8, 4) is 0 Å². The molecule has 0 bridgehead atoms. The first kappa shape index (κ1) is 18.8. The van der Waals surface area contributed by atoms with E-state index in [0.717, 1.165) is 37.1 Å². The second-order valence-electron chi connectivity index (χ2n) is 6.75. The van der Waals surface area contributed by atoms with Crippen LogP contribution < -0.4 is 10.2 Å². The summed E-state index contributed by atoms with van der Waals surface area (Å²) in [4.78, 5) is 25.4. The summed E-state index contributed by atoms with van der Waals surface area (Å²) in [5.74, 6) is -0.356. The Labute approximate surface area is 157 Å². The lowest BCUT2D eigenvalue weighted by Gasteiger charge is -2.17. The number of hydrogen-bond donors (Lipinski definition) is 2. The van der Waals surface area contributed by atoms with Crippen molar-refractivity contribution >= 4 is 17.3 Å². The molecule has 0 aromatic heterocycles.